The first-order valence-corrected chi connectivity index (χ1v) is 4.72. The third kappa shape index (κ3) is 1.40. The molecule has 0 aromatic heterocycles. The van der Waals surface area contributed by atoms with Crippen molar-refractivity contribution < 1.29 is 0 Å². The van der Waals surface area contributed by atoms with E-state index < -0.39 is 0 Å². The first-order chi connectivity index (χ1) is 5.88. The Balaban J connectivity index is 2.31. The number of benzene rings is 1. The molecule has 0 saturated heterocycles. The molecule has 1 aliphatic rings. The zero-order valence-corrected chi connectivity index (χ0v) is 7.81. The molecule has 1 atom stereocenters. The highest BCUT2D eigenvalue weighted by atomic mass is 32.2. The summed E-state index contributed by atoms with van der Waals surface area (Å²) in [6.45, 7) is 0. The van der Waals surface area contributed by atoms with Gasteiger partial charge in [-0.1, -0.05) is 42.5 Å². The van der Waals surface area contributed by atoms with Crippen LogP contribution in [0.4, 0.5) is 0 Å². The molecular weight excluding hydrogens is 188 g/mol. The predicted molar refractivity (Wildman–Crippen MR) is 54.2 cm³/mol. The summed E-state index contributed by atoms with van der Waals surface area (Å²) >= 11 is 6.39. The third-order valence-corrected chi connectivity index (χ3v) is 2.66. The fourth-order valence-corrected chi connectivity index (χ4v) is 1.83. The summed E-state index contributed by atoms with van der Waals surface area (Å²) in [4.78, 5) is 0. The van der Waals surface area contributed by atoms with E-state index in [2.05, 4.69) is 9.63 Å². The van der Waals surface area contributed by atoms with E-state index in [4.69, 9.17) is 12.2 Å². The van der Waals surface area contributed by atoms with Crippen molar-refractivity contribution in [3.05, 3.63) is 35.9 Å². The van der Waals surface area contributed by atoms with Gasteiger partial charge in [0.15, 0.2) is 0 Å². The van der Waals surface area contributed by atoms with Crippen molar-refractivity contribution in [3.8, 4) is 0 Å². The van der Waals surface area contributed by atoms with Crippen LogP contribution in [0.2, 0.25) is 0 Å². The summed E-state index contributed by atoms with van der Waals surface area (Å²) in [7, 11) is 0. The lowest BCUT2D eigenvalue weighted by molar-refractivity contribution is 0.940. The molecule has 4 heteroatoms. The third-order valence-electron chi connectivity index (χ3n) is 1.63. The van der Waals surface area contributed by atoms with E-state index in [0.717, 1.165) is 9.76 Å². The van der Waals surface area contributed by atoms with Gasteiger partial charge in [-0.25, -0.2) is 0 Å². The van der Waals surface area contributed by atoms with Gasteiger partial charge in [0, 0.05) is 11.9 Å². The van der Waals surface area contributed by atoms with Gasteiger partial charge in [-0.3, -0.25) is 0 Å². The molecule has 60 valence electrons. The maximum Gasteiger partial charge on any atom is 0.140 e. The van der Waals surface area contributed by atoms with Crippen LogP contribution in [-0.2, 0) is 0 Å². The first-order valence-electron chi connectivity index (χ1n) is 3.54. The van der Waals surface area contributed by atoms with E-state index >= 15 is 0 Å². The van der Waals surface area contributed by atoms with Gasteiger partial charge in [0.1, 0.15) is 10.2 Å². The van der Waals surface area contributed by atoms with Crippen molar-refractivity contribution in [2.75, 3.05) is 0 Å². The van der Waals surface area contributed by atoms with Gasteiger partial charge < -0.3 is 0 Å². The molecule has 2 rings (SSSR count). The van der Waals surface area contributed by atoms with Crippen molar-refractivity contribution in [2.24, 2.45) is 9.63 Å². The molecule has 0 spiro atoms. The Bertz CT molecular complexity index is 321. The molecule has 0 aliphatic carbocycles. The number of hydrogen-bond donors (Lipinski definition) is 0. The summed E-state index contributed by atoms with van der Waals surface area (Å²) in [5, 5.41) is 4.03. The quantitative estimate of drug-likeness (QED) is 0.506. The van der Waals surface area contributed by atoms with E-state index in [-0.39, 0.29) is 6.04 Å². The van der Waals surface area contributed by atoms with Crippen LogP contribution in [-0.4, -0.2) is 4.20 Å². The maximum atomic E-state index is 5.10. The lowest BCUT2D eigenvalue weighted by Crippen LogP contribution is -1.98. The molecule has 1 aromatic carbocycles. The van der Waals surface area contributed by atoms with Gasteiger partial charge in [-0.05, 0) is 5.56 Å². The van der Waals surface area contributed by atoms with Crippen molar-refractivity contribution in [3.63, 3.8) is 0 Å². The first kappa shape index (κ1) is 7.89. The normalized spacial score (nSPS) is 21.7. The summed E-state index contributed by atoms with van der Waals surface area (Å²) in [6.07, 6.45) is 0. The lowest BCUT2D eigenvalue weighted by atomic mass is 10.1. The average Bonchev–Trinajstić information content (AvgIpc) is 2.53. The SMILES string of the molecule is S=C1SN=NC1c1ccccc1. The van der Waals surface area contributed by atoms with Crippen LogP contribution < -0.4 is 0 Å². The second-order valence-electron chi connectivity index (χ2n) is 2.42. The summed E-state index contributed by atoms with van der Waals surface area (Å²) in [5.41, 5.74) is 1.12. The molecule has 0 radical (unpaired) electrons. The number of nitrogens with zero attached hydrogens (tertiary/aromatic N) is 2. The molecule has 0 fully saturated rings. The summed E-state index contributed by atoms with van der Waals surface area (Å²) < 4.78 is 4.66. The molecule has 1 unspecified atom stereocenters. The highest BCUT2D eigenvalue weighted by Gasteiger charge is 2.21. The number of rotatable bonds is 1. The van der Waals surface area contributed by atoms with E-state index in [1.807, 2.05) is 30.3 Å². The Morgan fingerprint density at radius 3 is 2.58 bits per heavy atom. The topological polar surface area (TPSA) is 24.7 Å². The smallest absolute Gasteiger partial charge is 0.140 e. The van der Waals surface area contributed by atoms with Gasteiger partial charge in [0.2, 0.25) is 0 Å². The van der Waals surface area contributed by atoms with Gasteiger partial charge >= 0.3 is 0 Å². The van der Waals surface area contributed by atoms with E-state index in [9.17, 15) is 0 Å². The van der Waals surface area contributed by atoms with Crippen LogP contribution in [0.3, 0.4) is 0 Å². The monoisotopic (exact) mass is 194 g/mol. The minimum absolute atomic E-state index is 0.00815. The van der Waals surface area contributed by atoms with Crippen LogP contribution in [0.25, 0.3) is 0 Å². The molecule has 0 saturated carbocycles. The van der Waals surface area contributed by atoms with Crippen LogP contribution in [0.5, 0.6) is 0 Å². The Labute approximate surface area is 80.2 Å². The average molecular weight is 194 g/mol. The zero-order valence-electron chi connectivity index (χ0n) is 6.18. The van der Waals surface area contributed by atoms with Crippen LogP contribution in [0.15, 0.2) is 40.0 Å². The second kappa shape index (κ2) is 3.33. The van der Waals surface area contributed by atoms with Crippen molar-refractivity contribution in [1.29, 1.82) is 0 Å². The molecule has 1 heterocycles. The van der Waals surface area contributed by atoms with E-state index in [1.165, 1.54) is 11.9 Å². The number of thiocarbonyl (C=S) groups is 1. The minimum atomic E-state index is -0.00815. The van der Waals surface area contributed by atoms with Crippen LogP contribution in [0, 0.1) is 0 Å². The largest absolute Gasteiger partial charge is 0.167 e. The summed E-state index contributed by atoms with van der Waals surface area (Å²) in [6, 6.07) is 9.97. The Kier molecular flexibility index (Phi) is 2.19. The molecular formula is C8H6N2S2. The van der Waals surface area contributed by atoms with E-state index in [1.54, 1.807) is 0 Å². The second-order valence-corrected chi connectivity index (χ2v) is 3.90. The molecule has 0 N–H and O–H groups in total. The number of hydrogen-bond acceptors (Lipinski definition) is 4. The standard InChI is InChI=1S/C8H6N2S2/c11-8-7(9-10-12-8)6-4-2-1-3-5-6/h1-5,7H. The van der Waals surface area contributed by atoms with Crippen LogP contribution in [0.1, 0.15) is 11.6 Å². The Hall–Kier alpha value is -0.740. The molecule has 1 aliphatic heterocycles. The molecule has 0 bridgehead atoms. The zero-order chi connectivity index (χ0) is 8.39. The highest BCUT2D eigenvalue weighted by Crippen LogP contribution is 2.32. The molecule has 12 heavy (non-hydrogen) atoms. The van der Waals surface area contributed by atoms with Gasteiger partial charge in [-0.2, -0.15) is 5.11 Å². The van der Waals surface area contributed by atoms with Gasteiger partial charge in [0.25, 0.3) is 0 Å². The Morgan fingerprint density at radius 2 is 2.00 bits per heavy atom. The molecule has 0 amide bonds. The van der Waals surface area contributed by atoms with E-state index in [0.29, 0.717) is 0 Å². The van der Waals surface area contributed by atoms with Crippen molar-refractivity contribution in [1.82, 2.24) is 0 Å². The fourth-order valence-electron chi connectivity index (χ4n) is 1.05. The summed E-state index contributed by atoms with van der Waals surface area (Å²) in [5.74, 6) is 0. The lowest BCUT2D eigenvalue weighted by Gasteiger charge is -2.03. The molecule has 1 aromatic rings. The van der Waals surface area contributed by atoms with Gasteiger partial charge in [0.05, 0.1) is 0 Å². The fraction of sp³-hybridized carbons (Fsp3) is 0.125. The highest BCUT2D eigenvalue weighted by molar-refractivity contribution is 8.22. The Morgan fingerprint density at radius 1 is 1.25 bits per heavy atom. The van der Waals surface area contributed by atoms with Crippen molar-refractivity contribution >= 4 is 28.4 Å². The van der Waals surface area contributed by atoms with Gasteiger partial charge in [-0.15, -0.1) is 4.52 Å². The van der Waals surface area contributed by atoms with Crippen molar-refractivity contribution in [2.45, 2.75) is 6.04 Å². The minimum Gasteiger partial charge on any atom is -0.167 e. The predicted octanol–water partition coefficient (Wildman–Crippen LogP) is 3.17. The van der Waals surface area contributed by atoms with Crippen LogP contribution >= 0.6 is 24.2 Å². The molecule has 2 nitrogen and oxygen atoms in total. The maximum absolute atomic E-state index is 5.10.